The van der Waals surface area contributed by atoms with E-state index in [1.807, 2.05) is 0 Å². The number of amides is 1. The van der Waals surface area contributed by atoms with Gasteiger partial charge in [0.2, 0.25) is 5.91 Å². The Morgan fingerprint density at radius 1 is 0.452 bits per heavy atom. The van der Waals surface area contributed by atoms with Crippen molar-refractivity contribution in [3.63, 3.8) is 0 Å². The third kappa shape index (κ3) is 47.6. The fraction of sp³-hybridized carbons (Fsp3) is 0.857. The summed E-state index contributed by atoms with van der Waals surface area (Å²) in [6.07, 6.45) is 62.7. The summed E-state index contributed by atoms with van der Waals surface area (Å²) < 4.78 is 5.46. The zero-order valence-electron chi connectivity index (χ0n) is 41.4. The monoisotopic (exact) mass is 872 g/mol. The number of aliphatic hydroxyl groups is 2. The highest BCUT2D eigenvalue weighted by Gasteiger charge is 2.20. The van der Waals surface area contributed by atoms with E-state index >= 15 is 0 Å². The van der Waals surface area contributed by atoms with Gasteiger partial charge in [-0.05, 0) is 89.9 Å². The molecular formula is C56H105NO5. The average Bonchev–Trinajstić information content (AvgIpc) is 3.27. The highest BCUT2D eigenvalue weighted by Crippen LogP contribution is 2.16. The van der Waals surface area contributed by atoms with Gasteiger partial charge in [-0.25, -0.2) is 0 Å². The second-order valence-electron chi connectivity index (χ2n) is 18.6. The first-order valence-corrected chi connectivity index (χ1v) is 27.2. The van der Waals surface area contributed by atoms with E-state index in [0.29, 0.717) is 25.9 Å². The minimum atomic E-state index is -0.673. The molecule has 0 radical (unpaired) electrons. The second kappa shape index (κ2) is 51.7. The molecule has 0 spiro atoms. The topological polar surface area (TPSA) is 95.9 Å². The fourth-order valence-electron chi connectivity index (χ4n) is 8.19. The maximum atomic E-state index is 12.4. The Morgan fingerprint density at radius 3 is 1.24 bits per heavy atom. The third-order valence-corrected chi connectivity index (χ3v) is 12.4. The van der Waals surface area contributed by atoms with Crippen LogP contribution >= 0.6 is 0 Å². The molecule has 0 aromatic rings. The van der Waals surface area contributed by atoms with E-state index in [9.17, 15) is 19.8 Å². The number of unbranched alkanes of at least 4 members (excludes halogenated alkanes) is 33. The highest BCUT2D eigenvalue weighted by molar-refractivity contribution is 5.76. The zero-order valence-corrected chi connectivity index (χ0v) is 41.4. The van der Waals surface area contributed by atoms with Crippen molar-refractivity contribution in [2.75, 3.05) is 13.2 Å². The number of ether oxygens (including phenoxy) is 1. The van der Waals surface area contributed by atoms with E-state index in [1.165, 1.54) is 167 Å². The van der Waals surface area contributed by atoms with Crippen LogP contribution in [0.4, 0.5) is 0 Å². The SMILES string of the molecule is CCCCCCCCC/C=C\CCCCCCCCCC(=O)OCCCCC/C=C\C/C=C\CCCCCCCCCC(=O)NC(CO)C(O)CCCCCCCCCCCC. The molecule has 0 fully saturated rings. The number of esters is 1. The van der Waals surface area contributed by atoms with Gasteiger partial charge in [0.25, 0.3) is 0 Å². The van der Waals surface area contributed by atoms with Crippen LogP contribution in [0.2, 0.25) is 0 Å². The van der Waals surface area contributed by atoms with Crippen LogP contribution in [0, 0.1) is 0 Å². The van der Waals surface area contributed by atoms with Crippen LogP contribution in [0.1, 0.15) is 284 Å². The van der Waals surface area contributed by atoms with Gasteiger partial charge in [-0.15, -0.1) is 0 Å². The Bertz CT molecular complexity index is 1010. The summed E-state index contributed by atoms with van der Waals surface area (Å²) in [4.78, 5) is 24.5. The van der Waals surface area contributed by atoms with Crippen molar-refractivity contribution in [2.24, 2.45) is 0 Å². The summed E-state index contributed by atoms with van der Waals surface area (Å²) in [5, 5.41) is 23.1. The summed E-state index contributed by atoms with van der Waals surface area (Å²) in [7, 11) is 0. The Balaban J connectivity index is 3.47. The lowest BCUT2D eigenvalue weighted by Crippen LogP contribution is -2.45. The molecular weight excluding hydrogens is 767 g/mol. The number of rotatable bonds is 50. The van der Waals surface area contributed by atoms with Crippen LogP contribution in [0.15, 0.2) is 36.5 Å². The molecule has 0 bridgehead atoms. The number of carbonyl (C=O) groups is 2. The highest BCUT2D eigenvalue weighted by atomic mass is 16.5. The van der Waals surface area contributed by atoms with Crippen molar-refractivity contribution in [3.8, 4) is 0 Å². The van der Waals surface area contributed by atoms with E-state index in [2.05, 4.69) is 55.6 Å². The van der Waals surface area contributed by atoms with E-state index in [1.54, 1.807) is 0 Å². The molecule has 0 aliphatic heterocycles. The lowest BCUT2D eigenvalue weighted by atomic mass is 10.0. The second-order valence-corrected chi connectivity index (χ2v) is 18.6. The van der Waals surface area contributed by atoms with Crippen molar-refractivity contribution < 1.29 is 24.5 Å². The van der Waals surface area contributed by atoms with Crippen molar-refractivity contribution in [3.05, 3.63) is 36.5 Å². The quantitative estimate of drug-likeness (QED) is 0.0321. The number of hydrogen-bond donors (Lipinski definition) is 3. The molecule has 0 aliphatic carbocycles. The first-order valence-electron chi connectivity index (χ1n) is 27.2. The van der Waals surface area contributed by atoms with Gasteiger partial charge in [0, 0.05) is 12.8 Å². The number of hydrogen-bond acceptors (Lipinski definition) is 5. The van der Waals surface area contributed by atoms with Crippen LogP contribution in [0.25, 0.3) is 0 Å². The van der Waals surface area contributed by atoms with Gasteiger partial charge in [0.1, 0.15) is 0 Å². The molecule has 0 aliphatic rings. The van der Waals surface area contributed by atoms with Crippen LogP contribution < -0.4 is 5.32 Å². The van der Waals surface area contributed by atoms with Gasteiger partial charge in [-0.1, -0.05) is 217 Å². The minimum absolute atomic E-state index is 0.0189. The molecule has 0 aromatic heterocycles. The van der Waals surface area contributed by atoms with Gasteiger partial charge < -0.3 is 20.3 Å². The first kappa shape index (κ1) is 60.1. The summed E-state index contributed by atoms with van der Waals surface area (Å²) in [5.41, 5.74) is 0. The molecule has 2 unspecified atom stereocenters. The normalized spacial score (nSPS) is 12.9. The summed E-state index contributed by atoms with van der Waals surface area (Å²) in [6, 6.07) is -0.552. The standard InChI is InChI=1S/C56H105NO5/c1-3-5-7-9-11-13-15-16-17-18-21-24-27-30-34-38-42-46-50-56(61)62-51-47-43-39-35-31-28-25-22-19-20-23-26-29-33-37-41-45-49-55(60)57-53(52-58)54(59)48-44-40-36-32-14-12-10-8-6-4-2/h17-19,22,28,31,53-54,58-59H,3-16,20-21,23-27,29-30,32-52H2,1-2H3,(H,57,60)/b18-17-,22-19-,31-28-. The van der Waals surface area contributed by atoms with Crippen LogP contribution in [0.5, 0.6) is 0 Å². The van der Waals surface area contributed by atoms with E-state index in [4.69, 9.17) is 4.74 Å². The van der Waals surface area contributed by atoms with Gasteiger partial charge in [-0.3, -0.25) is 9.59 Å². The van der Waals surface area contributed by atoms with Crippen LogP contribution in [-0.2, 0) is 14.3 Å². The Morgan fingerprint density at radius 2 is 0.806 bits per heavy atom. The lowest BCUT2D eigenvalue weighted by Gasteiger charge is -2.22. The minimum Gasteiger partial charge on any atom is -0.466 e. The Hall–Kier alpha value is -1.92. The maximum Gasteiger partial charge on any atom is 0.305 e. The van der Waals surface area contributed by atoms with Crippen molar-refractivity contribution in [2.45, 2.75) is 296 Å². The lowest BCUT2D eigenvalue weighted by molar-refractivity contribution is -0.143. The molecule has 3 N–H and O–H groups in total. The predicted octanol–water partition coefficient (Wildman–Crippen LogP) is 16.5. The molecule has 1 amide bonds. The fourth-order valence-corrected chi connectivity index (χ4v) is 8.19. The van der Waals surface area contributed by atoms with Crippen molar-refractivity contribution in [1.29, 1.82) is 0 Å². The average molecular weight is 872 g/mol. The molecule has 0 saturated carbocycles. The number of nitrogens with one attached hydrogen (secondary N) is 1. The molecule has 0 saturated heterocycles. The van der Waals surface area contributed by atoms with E-state index in [-0.39, 0.29) is 18.5 Å². The molecule has 0 heterocycles. The molecule has 2 atom stereocenters. The first-order chi connectivity index (χ1) is 30.5. The number of carbonyl (C=O) groups excluding carboxylic acids is 2. The smallest absolute Gasteiger partial charge is 0.305 e. The molecule has 364 valence electrons. The third-order valence-electron chi connectivity index (χ3n) is 12.4. The Kier molecular flexibility index (Phi) is 50.1. The van der Waals surface area contributed by atoms with Gasteiger partial charge in [-0.2, -0.15) is 0 Å². The van der Waals surface area contributed by atoms with Gasteiger partial charge in [0.15, 0.2) is 0 Å². The predicted molar refractivity (Wildman–Crippen MR) is 269 cm³/mol. The molecule has 6 nitrogen and oxygen atoms in total. The van der Waals surface area contributed by atoms with Crippen molar-refractivity contribution in [1.82, 2.24) is 5.32 Å². The zero-order chi connectivity index (χ0) is 45.1. The Labute approximate surface area is 385 Å². The van der Waals surface area contributed by atoms with Crippen LogP contribution in [-0.4, -0.2) is 47.4 Å². The molecule has 6 heteroatoms. The number of allylic oxidation sites excluding steroid dienone is 6. The van der Waals surface area contributed by atoms with Gasteiger partial charge in [0.05, 0.1) is 25.4 Å². The summed E-state index contributed by atoms with van der Waals surface area (Å²) >= 11 is 0. The number of aliphatic hydroxyl groups excluding tert-OH is 2. The summed E-state index contributed by atoms with van der Waals surface area (Å²) in [5.74, 6) is -0.0724. The van der Waals surface area contributed by atoms with Gasteiger partial charge >= 0.3 is 5.97 Å². The van der Waals surface area contributed by atoms with Crippen LogP contribution in [0.3, 0.4) is 0 Å². The largest absolute Gasteiger partial charge is 0.466 e. The van der Waals surface area contributed by atoms with Crippen molar-refractivity contribution >= 4 is 11.9 Å². The molecule has 0 aromatic carbocycles. The summed E-state index contributed by atoms with van der Waals surface area (Å²) in [6.45, 7) is 4.89. The van der Waals surface area contributed by atoms with E-state index in [0.717, 1.165) is 83.5 Å². The molecule has 62 heavy (non-hydrogen) atoms. The van der Waals surface area contributed by atoms with E-state index < -0.39 is 12.1 Å². The maximum absolute atomic E-state index is 12.4. The molecule has 0 rings (SSSR count).